The SMILES string of the molecule is CCC[C@H](c1nc2ccc(N3CCC(c4ccccc4)(N4CC(F)C4)CC3)cc2c(=O)n1CC)N1C[C@@H](C)N[C@@H](C)C1. The first-order valence-corrected chi connectivity index (χ1v) is 16.1. The van der Waals surface area contributed by atoms with Crippen LogP contribution in [0.15, 0.2) is 53.3 Å². The second-order valence-corrected chi connectivity index (χ2v) is 12.8. The van der Waals surface area contributed by atoms with Gasteiger partial charge in [-0.2, -0.15) is 0 Å². The summed E-state index contributed by atoms with van der Waals surface area (Å²) in [6.07, 6.45) is 3.15. The number of nitrogens with one attached hydrogen (secondary N) is 1. The number of nitrogens with zero attached hydrogens (tertiary/aromatic N) is 5. The quantitative estimate of drug-likeness (QED) is 0.405. The van der Waals surface area contributed by atoms with E-state index in [0.29, 0.717) is 37.1 Å². The molecule has 1 N–H and O–H groups in total. The van der Waals surface area contributed by atoms with Crippen LogP contribution in [0.5, 0.6) is 0 Å². The first kappa shape index (κ1) is 29.3. The molecule has 8 heteroatoms. The molecule has 3 aromatic rings. The molecule has 6 rings (SSSR count). The van der Waals surface area contributed by atoms with Crippen LogP contribution < -0.4 is 15.8 Å². The van der Waals surface area contributed by atoms with E-state index >= 15 is 0 Å². The molecule has 3 aliphatic rings. The van der Waals surface area contributed by atoms with Gasteiger partial charge >= 0.3 is 0 Å². The number of aromatic nitrogens is 2. The van der Waals surface area contributed by atoms with Gasteiger partial charge in [0, 0.05) is 69.1 Å². The molecule has 0 amide bonds. The van der Waals surface area contributed by atoms with Crippen molar-refractivity contribution in [1.29, 1.82) is 0 Å². The third-order valence-corrected chi connectivity index (χ3v) is 9.88. The van der Waals surface area contributed by atoms with Gasteiger partial charge in [-0.15, -0.1) is 0 Å². The molecule has 0 aliphatic carbocycles. The van der Waals surface area contributed by atoms with Crippen LogP contribution in [0, 0.1) is 0 Å². The molecule has 4 heterocycles. The molecule has 7 nitrogen and oxygen atoms in total. The van der Waals surface area contributed by atoms with Gasteiger partial charge in [0.2, 0.25) is 0 Å². The van der Waals surface area contributed by atoms with Crippen molar-refractivity contribution in [2.45, 2.75) is 89.8 Å². The lowest BCUT2D eigenvalue weighted by Gasteiger charge is -2.54. The van der Waals surface area contributed by atoms with E-state index in [0.717, 1.165) is 68.9 Å². The Bertz CT molecular complexity index is 1420. The van der Waals surface area contributed by atoms with E-state index in [-0.39, 0.29) is 17.1 Å². The normalized spacial score (nSPS) is 24.5. The molecule has 42 heavy (non-hydrogen) atoms. The summed E-state index contributed by atoms with van der Waals surface area (Å²) in [5, 5.41) is 4.33. The molecule has 0 radical (unpaired) electrons. The van der Waals surface area contributed by atoms with Crippen LogP contribution >= 0.6 is 0 Å². The number of hydrogen-bond acceptors (Lipinski definition) is 6. The smallest absolute Gasteiger partial charge is 0.261 e. The molecule has 1 aromatic heterocycles. The van der Waals surface area contributed by atoms with Crippen LogP contribution in [0.25, 0.3) is 10.9 Å². The van der Waals surface area contributed by atoms with Crippen LogP contribution in [0.2, 0.25) is 0 Å². The summed E-state index contributed by atoms with van der Waals surface area (Å²) in [7, 11) is 0. The van der Waals surface area contributed by atoms with Gasteiger partial charge in [0.05, 0.1) is 16.9 Å². The van der Waals surface area contributed by atoms with Gasteiger partial charge in [-0.25, -0.2) is 9.37 Å². The molecule has 0 bridgehead atoms. The average molecular weight is 575 g/mol. The number of alkyl halides is 1. The molecule has 3 aliphatic heterocycles. The van der Waals surface area contributed by atoms with Crippen molar-refractivity contribution in [3.63, 3.8) is 0 Å². The van der Waals surface area contributed by atoms with Crippen LogP contribution in [0.3, 0.4) is 0 Å². The van der Waals surface area contributed by atoms with Crippen LogP contribution in [-0.4, -0.2) is 76.9 Å². The van der Waals surface area contributed by atoms with Gasteiger partial charge in [0.1, 0.15) is 12.0 Å². The maximum Gasteiger partial charge on any atom is 0.261 e. The lowest BCUT2D eigenvalue weighted by Crippen LogP contribution is -2.62. The molecule has 3 saturated heterocycles. The Balaban J connectivity index is 1.29. The summed E-state index contributed by atoms with van der Waals surface area (Å²) in [6, 6.07) is 17.8. The number of benzene rings is 2. The van der Waals surface area contributed by atoms with Gasteiger partial charge in [0.25, 0.3) is 5.56 Å². The Hall–Kier alpha value is -2.81. The average Bonchev–Trinajstić information content (AvgIpc) is 2.98. The zero-order chi connectivity index (χ0) is 29.4. The van der Waals surface area contributed by atoms with E-state index in [1.807, 2.05) is 16.7 Å². The highest BCUT2D eigenvalue weighted by molar-refractivity contribution is 5.82. The van der Waals surface area contributed by atoms with Crippen molar-refractivity contribution in [3.05, 3.63) is 70.3 Å². The fourth-order valence-corrected chi connectivity index (χ4v) is 7.80. The highest BCUT2D eigenvalue weighted by Gasteiger charge is 2.46. The minimum atomic E-state index is -0.725. The molecular weight excluding hydrogens is 527 g/mol. The van der Waals surface area contributed by atoms with Crippen molar-refractivity contribution >= 4 is 16.6 Å². The zero-order valence-corrected chi connectivity index (χ0v) is 25.7. The van der Waals surface area contributed by atoms with Crippen molar-refractivity contribution in [2.24, 2.45) is 0 Å². The minimum absolute atomic E-state index is 0.0573. The summed E-state index contributed by atoms with van der Waals surface area (Å²) >= 11 is 0. The Labute approximate surface area is 249 Å². The van der Waals surface area contributed by atoms with E-state index in [2.05, 4.69) is 84.1 Å². The van der Waals surface area contributed by atoms with E-state index in [4.69, 9.17) is 4.98 Å². The Kier molecular flexibility index (Phi) is 8.40. The highest BCUT2D eigenvalue weighted by atomic mass is 19.1. The molecule has 2 aromatic carbocycles. The summed E-state index contributed by atoms with van der Waals surface area (Å²) in [4.78, 5) is 26.5. The van der Waals surface area contributed by atoms with Gasteiger partial charge in [-0.3, -0.25) is 19.2 Å². The highest BCUT2D eigenvalue weighted by Crippen LogP contribution is 2.43. The standard InChI is InChI=1S/C34H47FN6O/c1-5-10-31(39-20-24(3)36-25(4)21-39)32-37-30-14-13-28(19-29(30)33(42)41(32)6-2)38-17-15-34(16-18-38,40-22-27(35)23-40)26-11-8-7-9-12-26/h7-9,11-14,19,24-25,27,31,36H,5-6,10,15-18,20-23H2,1-4H3/t24-,25+,31-/m1/s1. The fraction of sp³-hybridized carbons (Fsp3) is 0.588. The molecule has 226 valence electrons. The number of anilines is 1. The fourth-order valence-electron chi connectivity index (χ4n) is 7.80. The lowest BCUT2D eigenvalue weighted by atomic mass is 9.77. The second-order valence-electron chi connectivity index (χ2n) is 12.8. The number of likely N-dealkylation sites (tertiary alicyclic amines) is 1. The number of halogens is 1. The first-order valence-electron chi connectivity index (χ1n) is 16.1. The van der Waals surface area contributed by atoms with E-state index in [1.54, 1.807) is 0 Å². The second kappa shape index (κ2) is 12.1. The molecule has 0 saturated carbocycles. The first-order chi connectivity index (χ1) is 20.3. The summed E-state index contributed by atoms with van der Waals surface area (Å²) in [5.74, 6) is 0.900. The van der Waals surface area contributed by atoms with Crippen LogP contribution in [0.4, 0.5) is 10.1 Å². The number of rotatable bonds is 8. The van der Waals surface area contributed by atoms with E-state index in [1.165, 1.54) is 5.56 Å². The lowest BCUT2D eigenvalue weighted by molar-refractivity contribution is -0.0472. The van der Waals surface area contributed by atoms with Crippen molar-refractivity contribution in [1.82, 2.24) is 24.7 Å². The summed E-state index contributed by atoms with van der Waals surface area (Å²) in [6.45, 7) is 14.0. The number of piperazine rings is 1. The van der Waals surface area contributed by atoms with Gasteiger partial charge < -0.3 is 10.2 Å². The van der Waals surface area contributed by atoms with Gasteiger partial charge in [-0.1, -0.05) is 43.7 Å². The minimum Gasteiger partial charge on any atom is -0.371 e. The Morgan fingerprint density at radius 2 is 1.69 bits per heavy atom. The molecule has 3 atom stereocenters. The maximum absolute atomic E-state index is 14.0. The van der Waals surface area contributed by atoms with Gasteiger partial charge in [-0.05, 0) is 63.8 Å². The van der Waals surface area contributed by atoms with E-state index < -0.39 is 6.17 Å². The molecule has 3 fully saturated rings. The largest absolute Gasteiger partial charge is 0.371 e. The zero-order valence-electron chi connectivity index (χ0n) is 25.7. The third-order valence-electron chi connectivity index (χ3n) is 9.88. The third kappa shape index (κ3) is 5.38. The van der Waals surface area contributed by atoms with E-state index in [9.17, 15) is 9.18 Å². The monoisotopic (exact) mass is 574 g/mol. The predicted octanol–water partition coefficient (Wildman–Crippen LogP) is 5.09. The Morgan fingerprint density at radius 3 is 2.31 bits per heavy atom. The van der Waals surface area contributed by atoms with Gasteiger partial charge in [0.15, 0.2) is 0 Å². The number of fused-ring (bicyclic) bond motifs is 1. The Morgan fingerprint density at radius 1 is 1.00 bits per heavy atom. The molecule has 0 unspecified atom stereocenters. The molecular formula is C34H47FN6O. The number of piperidine rings is 1. The predicted molar refractivity (Wildman–Crippen MR) is 169 cm³/mol. The van der Waals surface area contributed by atoms with Crippen LogP contribution in [0.1, 0.15) is 70.8 Å². The van der Waals surface area contributed by atoms with Crippen molar-refractivity contribution < 1.29 is 4.39 Å². The topological polar surface area (TPSA) is 56.6 Å². The maximum atomic E-state index is 14.0. The summed E-state index contributed by atoms with van der Waals surface area (Å²) in [5.41, 5.74) is 3.07. The number of hydrogen-bond donors (Lipinski definition) is 1. The molecule has 0 spiro atoms. The van der Waals surface area contributed by atoms with Crippen LogP contribution in [-0.2, 0) is 12.1 Å². The van der Waals surface area contributed by atoms with Crippen molar-refractivity contribution in [2.75, 3.05) is 44.2 Å². The summed E-state index contributed by atoms with van der Waals surface area (Å²) < 4.78 is 15.9. The van der Waals surface area contributed by atoms with Crippen molar-refractivity contribution in [3.8, 4) is 0 Å².